The molecule has 0 aromatic heterocycles. The third kappa shape index (κ3) is 23.0. The van der Waals surface area contributed by atoms with E-state index in [1.165, 1.54) is 0 Å². The third-order valence-electron chi connectivity index (χ3n) is 1.14. The summed E-state index contributed by atoms with van der Waals surface area (Å²) in [7, 11) is 0. The van der Waals surface area contributed by atoms with Crippen molar-refractivity contribution >= 4 is 0 Å². The first-order chi connectivity index (χ1) is 5.54. The Kier molecular flexibility index (Phi) is 11.5. The van der Waals surface area contributed by atoms with Gasteiger partial charge in [-0.3, -0.25) is 0 Å². The third-order valence-corrected chi connectivity index (χ3v) is 1.14. The van der Waals surface area contributed by atoms with Gasteiger partial charge in [-0.25, -0.2) is 0 Å². The molecule has 0 heterocycles. The molecule has 2 heteroatoms. The van der Waals surface area contributed by atoms with Gasteiger partial charge in [0.2, 0.25) is 0 Å². The van der Waals surface area contributed by atoms with Crippen LogP contribution in [0.3, 0.4) is 0 Å². The summed E-state index contributed by atoms with van der Waals surface area (Å²) in [5.41, 5.74) is 12.0. The molecule has 0 spiro atoms. The van der Waals surface area contributed by atoms with Crippen LogP contribution < -0.4 is 11.5 Å². The standard InChI is InChI=1S/2C5H11N/c2*1-3-4-5(2)6/h2*2-4,6H2,1H3. The zero-order chi connectivity index (χ0) is 9.98. The van der Waals surface area contributed by atoms with Gasteiger partial charge in [0.25, 0.3) is 0 Å². The van der Waals surface area contributed by atoms with Gasteiger partial charge < -0.3 is 11.5 Å². The zero-order valence-corrected chi connectivity index (χ0v) is 8.40. The van der Waals surface area contributed by atoms with Crippen molar-refractivity contribution in [3.05, 3.63) is 24.6 Å². The van der Waals surface area contributed by atoms with Crippen LogP contribution in [0.2, 0.25) is 0 Å². The molecule has 0 rings (SSSR count). The number of nitrogens with two attached hydrogens (primary N) is 2. The van der Waals surface area contributed by atoms with E-state index in [4.69, 9.17) is 11.5 Å². The van der Waals surface area contributed by atoms with Gasteiger partial charge in [-0.1, -0.05) is 39.8 Å². The van der Waals surface area contributed by atoms with Crippen LogP contribution in [0, 0.1) is 0 Å². The molecule has 0 amide bonds. The first-order valence-corrected chi connectivity index (χ1v) is 4.41. The average Bonchev–Trinajstić information content (AvgIpc) is 1.87. The van der Waals surface area contributed by atoms with E-state index in [-0.39, 0.29) is 0 Å². The van der Waals surface area contributed by atoms with Gasteiger partial charge in [0.1, 0.15) is 0 Å². The fourth-order valence-electron chi connectivity index (χ4n) is 0.642. The summed E-state index contributed by atoms with van der Waals surface area (Å²) < 4.78 is 0. The van der Waals surface area contributed by atoms with E-state index in [2.05, 4.69) is 27.0 Å². The summed E-state index contributed by atoms with van der Waals surface area (Å²) in [5, 5.41) is 0. The SMILES string of the molecule is C=C(N)CCC.C=C(N)CCC. The Labute approximate surface area is 76.3 Å². The monoisotopic (exact) mass is 170 g/mol. The Morgan fingerprint density at radius 1 is 0.917 bits per heavy atom. The van der Waals surface area contributed by atoms with E-state index in [1.54, 1.807) is 0 Å². The Hall–Kier alpha value is -0.920. The summed E-state index contributed by atoms with van der Waals surface area (Å²) in [6.45, 7) is 11.2. The molecule has 2 nitrogen and oxygen atoms in total. The smallest absolute Gasteiger partial charge is 0.000733 e. The predicted molar refractivity (Wildman–Crippen MR) is 56.5 cm³/mol. The van der Waals surface area contributed by atoms with Crippen molar-refractivity contribution < 1.29 is 0 Å². The normalized spacial score (nSPS) is 8.17. The van der Waals surface area contributed by atoms with Gasteiger partial charge in [0, 0.05) is 11.4 Å². The van der Waals surface area contributed by atoms with Crippen LogP contribution in [0.1, 0.15) is 39.5 Å². The lowest BCUT2D eigenvalue weighted by Gasteiger charge is -1.88. The van der Waals surface area contributed by atoms with E-state index < -0.39 is 0 Å². The van der Waals surface area contributed by atoms with Crippen LogP contribution in [0.4, 0.5) is 0 Å². The van der Waals surface area contributed by atoms with Gasteiger partial charge in [-0.2, -0.15) is 0 Å². The van der Waals surface area contributed by atoms with Crippen LogP contribution in [0.25, 0.3) is 0 Å². The topological polar surface area (TPSA) is 52.0 Å². The fourth-order valence-corrected chi connectivity index (χ4v) is 0.642. The van der Waals surface area contributed by atoms with Gasteiger partial charge >= 0.3 is 0 Å². The maximum absolute atomic E-state index is 5.21. The highest BCUT2D eigenvalue weighted by Gasteiger charge is 1.77. The van der Waals surface area contributed by atoms with Crippen LogP contribution in [-0.4, -0.2) is 0 Å². The van der Waals surface area contributed by atoms with Gasteiger partial charge in [-0.15, -0.1) is 0 Å². The van der Waals surface area contributed by atoms with E-state index in [9.17, 15) is 0 Å². The Bertz CT molecular complexity index is 112. The van der Waals surface area contributed by atoms with Crippen LogP contribution in [0.15, 0.2) is 24.6 Å². The maximum atomic E-state index is 5.21. The molecule has 0 radical (unpaired) electrons. The second-order valence-corrected chi connectivity index (χ2v) is 2.82. The Morgan fingerprint density at radius 3 is 1.17 bits per heavy atom. The number of hydrogen-bond acceptors (Lipinski definition) is 2. The number of hydrogen-bond donors (Lipinski definition) is 2. The maximum Gasteiger partial charge on any atom is 0.000733 e. The Morgan fingerprint density at radius 2 is 1.17 bits per heavy atom. The van der Waals surface area contributed by atoms with E-state index in [1.807, 2.05) is 0 Å². The molecule has 0 fully saturated rings. The van der Waals surface area contributed by atoms with Crippen molar-refractivity contribution in [3.63, 3.8) is 0 Å². The fraction of sp³-hybridized carbons (Fsp3) is 0.600. The van der Waals surface area contributed by atoms with Crippen molar-refractivity contribution in [1.82, 2.24) is 0 Å². The molecular weight excluding hydrogens is 148 g/mol. The van der Waals surface area contributed by atoms with Crippen LogP contribution >= 0.6 is 0 Å². The molecule has 12 heavy (non-hydrogen) atoms. The highest BCUT2D eigenvalue weighted by Crippen LogP contribution is 1.90. The lowest BCUT2D eigenvalue weighted by atomic mass is 10.3. The van der Waals surface area contributed by atoms with Gasteiger partial charge in [0.15, 0.2) is 0 Å². The van der Waals surface area contributed by atoms with Crippen molar-refractivity contribution in [2.75, 3.05) is 0 Å². The van der Waals surface area contributed by atoms with Crippen LogP contribution in [-0.2, 0) is 0 Å². The van der Waals surface area contributed by atoms with Gasteiger partial charge in [-0.05, 0) is 12.8 Å². The summed E-state index contributed by atoms with van der Waals surface area (Å²) in [6, 6.07) is 0. The first-order valence-electron chi connectivity index (χ1n) is 4.41. The molecule has 0 aliphatic rings. The minimum absolute atomic E-state index is 0.789. The first kappa shape index (κ1) is 13.7. The summed E-state index contributed by atoms with van der Waals surface area (Å²) in [4.78, 5) is 0. The predicted octanol–water partition coefficient (Wildman–Crippen LogP) is 2.52. The van der Waals surface area contributed by atoms with Crippen molar-refractivity contribution in [2.45, 2.75) is 39.5 Å². The minimum Gasteiger partial charge on any atom is -0.403 e. The van der Waals surface area contributed by atoms with Gasteiger partial charge in [0.05, 0.1) is 0 Å². The second kappa shape index (κ2) is 10.1. The molecule has 0 aliphatic carbocycles. The summed E-state index contributed by atoms with van der Waals surface area (Å²) in [6.07, 6.45) is 4.13. The number of rotatable bonds is 4. The lowest BCUT2D eigenvalue weighted by molar-refractivity contribution is 0.897. The van der Waals surface area contributed by atoms with Crippen LogP contribution in [0.5, 0.6) is 0 Å². The second-order valence-electron chi connectivity index (χ2n) is 2.82. The van der Waals surface area contributed by atoms with E-state index in [0.29, 0.717) is 0 Å². The lowest BCUT2D eigenvalue weighted by Crippen LogP contribution is -1.91. The molecule has 0 aromatic rings. The van der Waals surface area contributed by atoms with Crippen molar-refractivity contribution in [1.29, 1.82) is 0 Å². The molecule has 0 bridgehead atoms. The highest BCUT2D eigenvalue weighted by atomic mass is 14.6. The molecule has 0 atom stereocenters. The summed E-state index contributed by atoms with van der Waals surface area (Å²) >= 11 is 0. The largest absolute Gasteiger partial charge is 0.403 e. The molecule has 0 saturated carbocycles. The Balaban J connectivity index is 0. The van der Waals surface area contributed by atoms with E-state index >= 15 is 0 Å². The minimum atomic E-state index is 0.789. The highest BCUT2D eigenvalue weighted by molar-refractivity contribution is 4.84. The zero-order valence-electron chi connectivity index (χ0n) is 8.40. The number of allylic oxidation sites excluding steroid dienone is 2. The van der Waals surface area contributed by atoms with Crippen molar-refractivity contribution in [3.8, 4) is 0 Å². The van der Waals surface area contributed by atoms with Crippen molar-refractivity contribution in [2.24, 2.45) is 11.5 Å². The molecule has 4 N–H and O–H groups in total. The molecular formula is C10H22N2. The van der Waals surface area contributed by atoms with E-state index in [0.717, 1.165) is 37.1 Å². The average molecular weight is 170 g/mol. The molecule has 72 valence electrons. The molecule has 0 aromatic carbocycles. The quantitative estimate of drug-likeness (QED) is 0.681. The molecule has 0 aliphatic heterocycles. The molecule has 0 saturated heterocycles. The summed E-state index contributed by atoms with van der Waals surface area (Å²) in [5.74, 6) is 0. The molecule has 0 unspecified atom stereocenters.